The van der Waals surface area contributed by atoms with Gasteiger partial charge in [0.05, 0.1) is 12.0 Å². The van der Waals surface area contributed by atoms with Gasteiger partial charge in [0.25, 0.3) is 0 Å². The van der Waals surface area contributed by atoms with E-state index < -0.39 is 10.0 Å². The summed E-state index contributed by atoms with van der Waals surface area (Å²) in [5.74, 6) is 0.320. The number of hydrogen-bond acceptors (Lipinski definition) is 5. The molecule has 0 unspecified atom stereocenters. The van der Waals surface area contributed by atoms with Crippen molar-refractivity contribution in [2.24, 2.45) is 0 Å². The molecule has 134 valence electrons. The minimum absolute atomic E-state index is 0.0170. The zero-order valence-electron chi connectivity index (χ0n) is 14.0. The summed E-state index contributed by atoms with van der Waals surface area (Å²) < 4.78 is 31.7. The lowest BCUT2D eigenvalue weighted by Crippen LogP contribution is -2.27. The van der Waals surface area contributed by atoms with E-state index in [1.165, 1.54) is 19.2 Å². The summed E-state index contributed by atoms with van der Waals surface area (Å²) in [6.07, 6.45) is 2.02. The topological polar surface area (TPSA) is 84.5 Å². The van der Waals surface area contributed by atoms with E-state index in [0.29, 0.717) is 11.4 Å². The van der Waals surface area contributed by atoms with Gasteiger partial charge < -0.3 is 10.1 Å². The molecule has 1 amide bonds. The van der Waals surface area contributed by atoms with Crippen molar-refractivity contribution in [2.45, 2.75) is 16.2 Å². The van der Waals surface area contributed by atoms with Crippen molar-refractivity contribution in [3.63, 3.8) is 0 Å². The zero-order valence-corrected chi connectivity index (χ0v) is 15.6. The van der Waals surface area contributed by atoms with Crippen molar-refractivity contribution in [1.29, 1.82) is 0 Å². The van der Waals surface area contributed by atoms with Crippen LogP contribution in [0.1, 0.15) is 6.42 Å². The number of carbonyl (C=O) groups excluding carboxylic acids is 1. The fraction of sp³-hybridized carbons (Fsp3) is 0.235. The van der Waals surface area contributed by atoms with Crippen LogP contribution in [0.4, 0.5) is 5.69 Å². The maximum absolute atomic E-state index is 12.2. The van der Waals surface area contributed by atoms with E-state index in [-0.39, 0.29) is 23.8 Å². The second kappa shape index (κ2) is 8.89. The molecule has 0 aliphatic carbocycles. The Morgan fingerprint density at radius 3 is 2.28 bits per heavy atom. The second-order valence-corrected chi connectivity index (χ2v) is 7.75. The summed E-state index contributed by atoms with van der Waals surface area (Å²) in [6, 6.07) is 13.5. The van der Waals surface area contributed by atoms with Crippen LogP contribution in [0.5, 0.6) is 5.75 Å². The Hall–Kier alpha value is -2.03. The smallest absolute Gasteiger partial charge is 0.240 e. The zero-order chi connectivity index (χ0) is 18.3. The maximum Gasteiger partial charge on any atom is 0.240 e. The van der Waals surface area contributed by atoms with Crippen LogP contribution >= 0.6 is 11.8 Å². The number of methoxy groups -OCH3 is 1. The van der Waals surface area contributed by atoms with Gasteiger partial charge in [0.2, 0.25) is 15.9 Å². The van der Waals surface area contributed by atoms with E-state index in [0.717, 1.165) is 4.90 Å². The lowest BCUT2D eigenvalue weighted by atomic mass is 10.3. The number of rotatable bonds is 8. The van der Waals surface area contributed by atoms with E-state index >= 15 is 0 Å². The van der Waals surface area contributed by atoms with Gasteiger partial charge in [0.1, 0.15) is 5.75 Å². The minimum atomic E-state index is -3.65. The van der Waals surface area contributed by atoms with Crippen LogP contribution in [0.15, 0.2) is 58.3 Å². The first-order chi connectivity index (χ1) is 11.9. The first kappa shape index (κ1) is 19.3. The monoisotopic (exact) mass is 380 g/mol. The first-order valence-corrected chi connectivity index (χ1v) is 10.2. The van der Waals surface area contributed by atoms with Crippen molar-refractivity contribution in [1.82, 2.24) is 4.72 Å². The van der Waals surface area contributed by atoms with Gasteiger partial charge in [-0.2, -0.15) is 0 Å². The number of carbonyl (C=O) groups is 1. The number of amides is 1. The van der Waals surface area contributed by atoms with Crippen LogP contribution in [0.2, 0.25) is 0 Å². The molecule has 2 rings (SSSR count). The van der Waals surface area contributed by atoms with Gasteiger partial charge in [-0.25, -0.2) is 13.1 Å². The molecule has 8 heteroatoms. The second-order valence-electron chi connectivity index (χ2n) is 5.10. The largest absolute Gasteiger partial charge is 0.497 e. The predicted molar refractivity (Wildman–Crippen MR) is 99.7 cm³/mol. The molecule has 0 heterocycles. The molecule has 0 radical (unpaired) electrons. The molecular weight excluding hydrogens is 360 g/mol. The molecule has 2 aromatic rings. The fourth-order valence-electron chi connectivity index (χ4n) is 2.03. The Kier molecular flexibility index (Phi) is 6.86. The SMILES string of the molecule is COc1ccc(S(=O)(=O)NCCC(=O)Nc2ccc(SC)cc2)cc1. The molecule has 2 aromatic carbocycles. The maximum atomic E-state index is 12.2. The number of benzene rings is 2. The standard InChI is InChI=1S/C17H20N2O4S2/c1-23-14-5-9-16(10-6-14)25(21,22)18-12-11-17(20)19-13-3-7-15(24-2)8-4-13/h3-10,18H,11-12H2,1-2H3,(H,19,20). The van der Waals surface area contributed by atoms with Crippen molar-refractivity contribution < 1.29 is 17.9 Å². The summed E-state index contributed by atoms with van der Waals surface area (Å²) in [4.78, 5) is 13.1. The quantitative estimate of drug-likeness (QED) is 0.688. The summed E-state index contributed by atoms with van der Waals surface area (Å²) in [5.41, 5.74) is 0.681. The van der Waals surface area contributed by atoms with Crippen LogP contribution in [-0.4, -0.2) is 34.2 Å². The third-order valence-corrected chi connectivity index (χ3v) is 5.61. The summed E-state index contributed by atoms with van der Waals surface area (Å²) in [5, 5.41) is 2.73. The van der Waals surface area contributed by atoms with E-state index in [9.17, 15) is 13.2 Å². The molecule has 0 bridgehead atoms. The predicted octanol–water partition coefficient (Wildman–Crippen LogP) is 2.72. The van der Waals surface area contributed by atoms with Crippen molar-refractivity contribution >= 4 is 33.4 Å². The Morgan fingerprint density at radius 1 is 1.08 bits per heavy atom. The van der Waals surface area contributed by atoms with E-state index in [4.69, 9.17) is 4.74 Å². The average molecular weight is 380 g/mol. The number of thioether (sulfide) groups is 1. The van der Waals surface area contributed by atoms with Gasteiger partial charge in [-0.1, -0.05) is 0 Å². The third kappa shape index (κ3) is 5.77. The number of anilines is 1. The number of sulfonamides is 1. The lowest BCUT2D eigenvalue weighted by molar-refractivity contribution is -0.116. The summed E-state index contributed by atoms with van der Waals surface area (Å²) in [6.45, 7) is 0.0170. The van der Waals surface area contributed by atoms with E-state index in [1.54, 1.807) is 23.9 Å². The Morgan fingerprint density at radius 2 is 1.72 bits per heavy atom. The molecule has 0 aromatic heterocycles. The molecule has 0 saturated heterocycles. The molecule has 6 nitrogen and oxygen atoms in total. The Balaban J connectivity index is 1.84. The molecule has 0 aliphatic heterocycles. The van der Waals surface area contributed by atoms with Crippen LogP contribution in [0, 0.1) is 0 Å². The molecule has 0 aliphatic rings. The van der Waals surface area contributed by atoms with Crippen LogP contribution in [0.25, 0.3) is 0 Å². The Labute approximate surface area is 152 Å². The molecule has 0 fully saturated rings. The van der Waals surface area contributed by atoms with Gasteiger partial charge in [-0.05, 0) is 54.8 Å². The number of ether oxygens (including phenoxy) is 1. The molecule has 2 N–H and O–H groups in total. The molecule has 0 atom stereocenters. The van der Waals surface area contributed by atoms with Crippen molar-refractivity contribution in [2.75, 3.05) is 25.2 Å². The molecule has 25 heavy (non-hydrogen) atoms. The highest BCUT2D eigenvalue weighted by atomic mass is 32.2. The summed E-state index contributed by atoms with van der Waals surface area (Å²) >= 11 is 1.62. The highest BCUT2D eigenvalue weighted by molar-refractivity contribution is 7.98. The lowest BCUT2D eigenvalue weighted by Gasteiger charge is -2.08. The van der Waals surface area contributed by atoms with Crippen LogP contribution in [0.3, 0.4) is 0 Å². The highest BCUT2D eigenvalue weighted by Crippen LogP contribution is 2.18. The van der Waals surface area contributed by atoms with Gasteiger partial charge in [-0.15, -0.1) is 11.8 Å². The van der Waals surface area contributed by atoms with Crippen molar-refractivity contribution in [3.05, 3.63) is 48.5 Å². The summed E-state index contributed by atoms with van der Waals surface area (Å²) in [7, 11) is -2.14. The van der Waals surface area contributed by atoms with Crippen molar-refractivity contribution in [3.8, 4) is 5.75 Å². The van der Waals surface area contributed by atoms with E-state index in [1.807, 2.05) is 30.5 Å². The molecule has 0 saturated carbocycles. The number of nitrogens with one attached hydrogen (secondary N) is 2. The molecule has 0 spiro atoms. The first-order valence-electron chi connectivity index (χ1n) is 7.52. The van der Waals surface area contributed by atoms with Gasteiger partial charge >= 0.3 is 0 Å². The van der Waals surface area contributed by atoms with Gasteiger partial charge in [0, 0.05) is 23.5 Å². The van der Waals surface area contributed by atoms with Gasteiger partial charge in [0.15, 0.2) is 0 Å². The molecular formula is C17H20N2O4S2. The highest BCUT2D eigenvalue weighted by Gasteiger charge is 2.14. The fourth-order valence-corrected chi connectivity index (χ4v) is 3.48. The Bertz CT molecular complexity index is 804. The van der Waals surface area contributed by atoms with Crippen LogP contribution < -0.4 is 14.8 Å². The number of hydrogen-bond donors (Lipinski definition) is 2. The van der Waals surface area contributed by atoms with Crippen LogP contribution in [-0.2, 0) is 14.8 Å². The normalized spacial score (nSPS) is 11.1. The van der Waals surface area contributed by atoms with Gasteiger partial charge in [-0.3, -0.25) is 4.79 Å². The minimum Gasteiger partial charge on any atom is -0.497 e. The average Bonchev–Trinajstić information content (AvgIpc) is 2.62. The third-order valence-electron chi connectivity index (χ3n) is 3.39. The van der Waals surface area contributed by atoms with E-state index in [2.05, 4.69) is 10.0 Å².